The molecule has 2 aliphatic rings. The molecule has 0 radical (unpaired) electrons. The zero-order chi connectivity index (χ0) is 19.2. The number of rotatable bonds is 5. The van der Waals surface area contributed by atoms with Crippen LogP contribution >= 0.6 is 11.3 Å². The number of hydrogen-bond donors (Lipinski definition) is 1. The Hall–Kier alpha value is -2.00. The highest BCUT2D eigenvalue weighted by Crippen LogP contribution is 2.26. The Labute approximate surface area is 165 Å². The van der Waals surface area contributed by atoms with Crippen molar-refractivity contribution in [3.8, 4) is 0 Å². The summed E-state index contributed by atoms with van der Waals surface area (Å²) in [5.74, 6) is 0. The van der Waals surface area contributed by atoms with E-state index in [2.05, 4.69) is 74.7 Å². The largest absolute Gasteiger partial charge is 0.360 e. The standard InChI is InChI=1S/C18H30N8S/c1-5-19-17-21-22-18(27-17)26-11-9-25(10-12-26)15(3)16-7-6-8-24(4)23-20-14(2)13-16/h6-7,13-15H,5,8-12H2,1-4H3,(H,19,21). The summed E-state index contributed by atoms with van der Waals surface area (Å²) in [4.78, 5) is 4.87. The average molecular weight is 391 g/mol. The van der Waals surface area contributed by atoms with Crippen molar-refractivity contribution in [3.05, 3.63) is 23.8 Å². The van der Waals surface area contributed by atoms with Crippen LogP contribution < -0.4 is 10.2 Å². The first kappa shape index (κ1) is 19.8. The second-order valence-corrected chi connectivity index (χ2v) is 7.93. The van der Waals surface area contributed by atoms with Gasteiger partial charge in [-0.3, -0.25) is 9.91 Å². The molecule has 0 aliphatic carbocycles. The van der Waals surface area contributed by atoms with Crippen molar-refractivity contribution in [2.45, 2.75) is 32.9 Å². The van der Waals surface area contributed by atoms with Crippen LogP contribution in [0.2, 0.25) is 0 Å². The first-order chi connectivity index (χ1) is 13.1. The van der Waals surface area contributed by atoms with Crippen LogP contribution in [0.4, 0.5) is 10.3 Å². The fourth-order valence-electron chi connectivity index (χ4n) is 3.27. The molecule has 1 fully saturated rings. The van der Waals surface area contributed by atoms with Crippen LogP contribution in [0.15, 0.2) is 34.1 Å². The molecule has 0 aromatic carbocycles. The summed E-state index contributed by atoms with van der Waals surface area (Å²) in [6.45, 7) is 12.1. The van der Waals surface area contributed by atoms with Crippen LogP contribution in [-0.4, -0.2) is 78.5 Å². The number of hydrogen-bond acceptors (Lipinski definition) is 9. The Morgan fingerprint density at radius 2 is 2.04 bits per heavy atom. The second-order valence-electron chi connectivity index (χ2n) is 6.97. The number of nitrogens with one attached hydrogen (secondary N) is 1. The number of piperazine rings is 1. The molecule has 1 N–H and O–H groups in total. The lowest BCUT2D eigenvalue weighted by Gasteiger charge is -2.38. The van der Waals surface area contributed by atoms with E-state index in [-0.39, 0.29) is 6.04 Å². The van der Waals surface area contributed by atoms with Crippen LogP contribution in [0.1, 0.15) is 20.8 Å². The van der Waals surface area contributed by atoms with E-state index in [0.717, 1.165) is 49.5 Å². The third kappa shape index (κ3) is 5.26. The van der Waals surface area contributed by atoms with Gasteiger partial charge in [0.15, 0.2) is 0 Å². The first-order valence-electron chi connectivity index (χ1n) is 9.63. The lowest BCUT2D eigenvalue weighted by atomic mass is 10.0. The van der Waals surface area contributed by atoms with Crippen molar-refractivity contribution in [1.82, 2.24) is 20.1 Å². The highest BCUT2D eigenvalue weighted by Gasteiger charge is 2.24. The molecule has 2 unspecified atom stereocenters. The zero-order valence-electron chi connectivity index (χ0n) is 16.7. The van der Waals surface area contributed by atoms with Gasteiger partial charge in [0, 0.05) is 45.8 Å². The molecule has 2 aliphatic heterocycles. The van der Waals surface area contributed by atoms with E-state index in [4.69, 9.17) is 0 Å². The van der Waals surface area contributed by atoms with E-state index in [0.29, 0.717) is 6.04 Å². The molecule has 0 bridgehead atoms. The smallest absolute Gasteiger partial charge is 0.210 e. The molecule has 0 amide bonds. The minimum Gasteiger partial charge on any atom is -0.360 e. The molecule has 1 aromatic rings. The SMILES string of the molecule is CCNc1nnc(N2CCN(C(C)C3=CC(C)N=NN(C)CC=C3)CC2)s1. The van der Waals surface area contributed by atoms with Crippen molar-refractivity contribution < 1.29 is 0 Å². The number of anilines is 2. The molecular weight excluding hydrogens is 360 g/mol. The van der Waals surface area contributed by atoms with Crippen molar-refractivity contribution in [2.75, 3.05) is 56.5 Å². The summed E-state index contributed by atoms with van der Waals surface area (Å²) in [5, 5.41) is 24.1. The van der Waals surface area contributed by atoms with E-state index < -0.39 is 0 Å². The maximum absolute atomic E-state index is 4.36. The van der Waals surface area contributed by atoms with Gasteiger partial charge in [0.25, 0.3) is 0 Å². The Morgan fingerprint density at radius 1 is 1.26 bits per heavy atom. The predicted octanol–water partition coefficient (Wildman–Crippen LogP) is 2.66. The highest BCUT2D eigenvalue weighted by molar-refractivity contribution is 7.19. The predicted molar refractivity (Wildman–Crippen MR) is 111 cm³/mol. The summed E-state index contributed by atoms with van der Waals surface area (Å²) < 4.78 is 0. The summed E-state index contributed by atoms with van der Waals surface area (Å²) in [6, 6.07) is 0.441. The third-order valence-corrected chi connectivity index (χ3v) is 5.80. The fraction of sp³-hybridized carbons (Fsp3) is 0.667. The van der Waals surface area contributed by atoms with Gasteiger partial charge in [-0.25, -0.2) is 0 Å². The Bertz CT molecular complexity index is 689. The first-order valence-corrected chi connectivity index (χ1v) is 10.4. The molecule has 2 atom stereocenters. The van der Waals surface area contributed by atoms with E-state index >= 15 is 0 Å². The second kappa shape index (κ2) is 9.27. The molecule has 3 heterocycles. The van der Waals surface area contributed by atoms with Crippen molar-refractivity contribution in [1.29, 1.82) is 0 Å². The van der Waals surface area contributed by atoms with Gasteiger partial charge in [-0.1, -0.05) is 34.8 Å². The highest BCUT2D eigenvalue weighted by atomic mass is 32.1. The summed E-state index contributed by atoms with van der Waals surface area (Å²) in [7, 11) is 1.95. The van der Waals surface area contributed by atoms with E-state index in [1.807, 2.05) is 12.1 Å². The molecule has 0 spiro atoms. The van der Waals surface area contributed by atoms with Gasteiger partial charge in [0.1, 0.15) is 0 Å². The monoisotopic (exact) mass is 390 g/mol. The minimum atomic E-state index is 0.0832. The third-order valence-electron chi connectivity index (χ3n) is 4.86. The molecule has 1 saturated heterocycles. The molecule has 148 valence electrons. The van der Waals surface area contributed by atoms with Gasteiger partial charge < -0.3 is 10.2 Å². The summed E-state index contributed by atoms with van der Waals surface area (Å²) in [5.41, 5.74) is 1.32. The Morgan fingerprint density at radius 3 is 2.78 bits per heavy atom. The Kier molecular flexibility index (Phi) is 6.78. The molecule has 0 saturated carbocycles. The molecule has 3 rings (SSSR count). The quantitative estimate of drug-likeness (QED) is 0.833. The molecule has 9 heteroatoms. The van der Waals surface area contributed by atoms with Gasteiger partial charge in [0.05, 0.1) is 12.6 Å². The average Bonchev–Trinajstić information content (AvgIpc) is 3.16. The van der Waals surface area contributed by atoms with Gasteiger partial charge in [0.2, 0.25) is 10.3 Å². The summed E-state index contributed by atoms with van der Waals surface area (Å²) in [6.07, 6.45) is 6.62. The summed E-state index contributed by atoms with van der Waals surface area (Å²) >= 11 is 1.63. The fourth-order valence-corrected chi connectivity index (χ4v) is 4.14. The van der Waals surface area contributed by atoms with Crippen molar-refractivity contribution >= 4 is 21.6 Å². The van der Waals surface area contributed by atoms with Gasteiger partial charge in [-0.15, -0.1) is 10.2 Å². The number of likely N-dealkylation sites (N-methyl/N-ethyl adjacent to an activating group) is 1. The number of aromatic nitrogens is 2. The zero-order valence-corrected chi connectivity index (χ0v) is 17.5. The number of nitrogens with zero attached hydrogens (tertiary/aromatic N) is 7. The maximum Gasteiger partial charge on any atom is 0.210 e. The Balaban J connectivity index is 1.60. The van der Waals surface area contributed by atoms with Crippen LogP contribution in [0.3, 0.4) is 0 Å². The lowest BCUT2D eigenvalue weighted by molar-refractivity contribution is 0.221. The van der Waals surface area contributed by atoms with Crippen LogP contribution in [0.25, 0.3) is 0 Å². The molecule has 27 heavy (non-hydrogen) atoms. The van der Waals surface area contributed by atoms with E-state index in [9.17, 15) is 0 Å². The van der Waals surface area contributed by atoms with E-state index in [1.165, 1.54) is 5.57 Å². The minimum absolute atomic E-state index is 0.0832. The maximum atomic E-state index is 4.36. The van der Waals surface area contributed by atoms with Crippen molar-refractivity contribution in [3.63, 3.8) is 0 Å². The topological polar surface area (TPSA) is 72.2 Å². The normalized spacial score (nSPS) is 22.8. The van der Waals surface area contributed by atoms with Crippen LogP contribution in [-0.2, 0) is 0 Å². The van der Waals surface area contributed by atoms with Gasteiger partial charge in [-0.2, -0.15) is 5.11 Å². The molecular formula is C18H30N8S. The molecule has 8 nitrogen and oxygen atoms in total. The molecule has 1 aromatic heterocycles. The van der Waals surface area contributed by atoms with Crippen LogP contribution in [0, 0.1) is 0 Å². The van der Waals surface area contributed by atoms with Gasteiger partial charge in [-0.05, 0) is 26.3 Å². The van der Waals surface area contributed by atoms with Crippen LogP contribution in [0.5, 0.6) is 0 Å². The van der Waals surface area contributed by atoms with E-state index in [1.54, 1.807) is 11.3 Å². The van der Waals surface area contributed by atoms with Gasteiger partial charge >= 0.3 is 0 Å². The lowest BCUT2D eigenvalue weighted by Crippen LogP contribution is -2.50. The van der Waals surface area contributed by atoms with Crippen molar-refractivity contribution in [2.24, 2.45) is 10.3 Å².